The maximum Gasteiger partial charge on any atom is 0.397 e. The molecule has 13 heteroatoms. The van der Waals surface area contributed by atoms with E-state index in [-0.39, 0.29) is 31.0 Å². The molecule has 2 aromatic heterocycles. The van der Waals surface area contributed by atoms with Gasteiger partial charge in [0.1, 0.15) is 11.7 Å². The largest absolute Gasteiger partial charge is 0.397 e. The van der Waals surface area contributed by atoms with E-state index in [1.165, 1.54) is 0 Å². The van der Waals surface area contributed by atoms with Crippen LogP contribution in [-0.2, 0) is 10.0 Å². The highest BCUT2D eigenvalue weighted by molar-refractivity contribution is 7.88. The summed E-state index contributed by atoms with van der Waals surface area (Å²) in [5.41, 5.74) is -1.48. The van der Waals surface area contributed by atoms with Gasteiger partial charge in [0.25, 0.3) is 0 Å². The topological polar surface area (TPSA) is 79.6 Å². The lowest BCUT2D eigenvalue weighted by molar-refractivity contribution is -0.147. The average Bonchev–Trinajstić information content (AvgIpc) is 2.92. The van der Waals surface area contributed by atoms with Crippen molar-refractivity contribution < 1.29 is 30.4 Å². The molecule has 0 spiro atoms. The second-order valence-corrected chi connectivity index (χ2v) is 9.02. The highest BCUT2D eigenvalue weighted by Gasteiger charge is 2.41. The quantitative estimate of drug-likeness (QED) is 0.570. The number of hydrogen-bond acceptors (Lipinski definition) is 5. The van der Waals surface area contributed by atoms with Gasteiger partial charge in [-0.05, 0) is 13.3 Å². The molecular formula is C17H18F5N5O2S. The molecule has 1 aliphatic heterocycles. The minimum absolute atomic E-state index is 0.0505. The van der Waals surface area contributed by atoms with Crippen LogP contribution in [0.25, 0.3) is 5.52 Å². The van der Waals surface area contributed by atoms with Crippen molar-refractivity contribution in [2.45, 2.75) is 37.7 Å². The molecule has 0 saturated carbocycles. The van der Waals surface area contributed by atoms with Crippen LogP contribution in [0.2, 0.25) is 0 Å². The van der Waals surface area contributed by atoms with Crippen LogP contribution in [0.5, 0.6) is 0 Å². The first kappa shape index (κ1) is 22.2. The molecule has 0 bridgehead atoms. The Kier molecular flexibility index (Phi) is 5.68. The Morgan fingerprint density at radius 3 is 2.60 bits per heavy atom. The second kappa shape index (κ2) is 7.66. The third kappa shape index (κ3) is 4.06. The van der Waals surface area contributed by atoms with Crippen LogP contribution in [0.1, 0.15) is 30.5 Å². The van der Waals surface area contributed by atoms with Crippen molar-refractivity contribution in [3.05, 3.63) is 23.3 Å². The van der Waals surface area contributed by atoms with Gasteiger partial charge in [-0.3, -0.25) is 0 Å². The van der Waals surface area contributed by atoms with E-state index < -0.39 is 51.4 Å². The van der Waals surface area contributed by atoms with Gasteiger partial charge in [-0.1, -0.05) is 5.92 Å². The molecule has 0 aliphatic carbocycles. The van der Waals surface area contributed by atoms with Crippen LogP contribution in [0.15, 0.2) is 6.20 Å². The Balaban J connectivity index is 1.95. The summed E-state index contributed by atoms with van der Waals surface area (Å²) >= 11 is 0. The Morgan fingerprint density at radius 1 is 1.40 bits per heavy atom. The normalized spacial score (nSPS) is 22.1. The molecule has 1 fully saturated rings. The average molecular weight is 451 g/mol. The molecule has 3 rings (SSSR count). The molecule has 1 N–H and O–H groups in total. The van der Waals surface area contributed by atoms with E-state index in [2.05, 4.69) is 15.4 Å². The zero-order valence-corrected chi connectivity index (χ0v) is 16.7. The molecule has 164 valence electrons. The van der Waals surface area contributed by atoms with E-state index in [0.29, 0.717) is 0 Å². The van der Waals surface area contributed by atoms with Crippen molar-refractivity contribution in [1.29, 1.82) is 0 Å². The van der Waals surface area contributed by atoms with Crippen LogP contribution in [0, 0.1) is 18.2 Å². The SMILES string of the molecule is C#Cc1c(F)c2cnc(N[C@@H]3CCN(S(C)(=O)=O)C[C@H]3F)nn2c1[C@H](C)C(F)(F)F. The molecule has 0 amide bonds. The number of piperidine rings is 1. The van der Waals surface area contributed by atoms with Crippen LogP contribution >= 0.6 is 0 Å². The zero-order valence-electron chi connectivity index (χ0n) is 15.9. The predicted molar refractivity (Wildman–Crippen MR) is 98.7 cm³/mol. The molecule has 1 saturated heterocycles. The molecule has 30 heavy (non-hydrogen) atoms. The fraction of sp³-hybridized carbons (Fsp3) is 0.529. The molecule has 7 nitrogen and oxygen atoms in total. The summed E-state index contributed by atoms with van der Waals surface area (Å²) in [6.45, 7) is 0.499. The molecule has 0 unspecified atom stereocenters. The van der Waals surface area contributed by atoms with Crippen molar-refractivity contribution in [2.24, 2.45) is 0 Å². The number of terminal acetylenes is 1. The Hall–Kier alpha value is -2.46. The number of aromatic nitrogens is 3. The minimum Gasteiger partial charge on any atom is -0.347 e. The van der Waals surface area contributed by atoms with E-state index in [4.69, 9.17) is 6.42 Å². The summed E-state index contributed by atoms with van der Waals surface area (Å²) in [6, 6.07) is -0.878. The van der Waals surface area contributed by atoms with Crippen LogP contribution in [0.4, 0.5) is 27.9 Å². The lowest BCUT2D eigenvalue weighted by Crippen LogP contribution is -2.49. The number of nitrogens with one attached hydrogen (secondary N) is 1. The van der Waals surface area contributed by atoms with Crippen LogP contribution in [0.3, 0.4) is 0 Å². The Labute approximate surface area is 169 Å². The fourth-order valence-electron chi connectivity index (χ4n) is 3.30. The van der Waals surface area contributed by atoms with Crippen molar-refractivity contribution in [1.82, 2.24) is 18.9 Å². The number of hydrogen-bond donors (Lipinski definition) is 1. The molecule has 3 heterocycles. The predicted octanol–water partition coefficient (Wildman–Crippen LogP) is 2.30. The van der Waals surface area contributed by atoms with Crippen LogP contribution in [-0.4, -0.2) is 65.1 Å². The number of rotatable bonds is 4. The van der Waals surface area contributed by atoms with Gasteiger partial charge in [0.2, 0.25) is 16.0 Å². The zero-order chi connectivity index (χ0) is 22.4. The summed E-state index contributed by atoms with van der Waals surface area (Å²) in [5.74, 6) is -1.48. The van der Waals surface area contributed by atoms with E-state index in [0.717, 1.165) is 28.2 Å². The van der Waals surface area contributed by atoms with Gasteiger partial charge < -0.3 is 5.32 Å². The lowest BCUT2D eigenvalue weighted by Gasteiger charge is -2.33. The summed E-state index contributed by atoms with van der Waals surface area (Å²) in [6.07, 6.45) is 0.909. The smallest absolute Gasteiger partial charge is 0.347 e. The number of alkyl halides is 4. The molecular weight excluding hydrogens is 433 g/mol. The first-order valence-electron chi connectivity index (χ1n) is 8.80. The molecule has 0 aromatic carbocycles. The summed E-state index contributed by atoms with van der Waals surface area (Å²) in [4.78, 5) is 3.84. The fourth-order valence-corrected chi connectivity index (χ4v) is 4.15. The second-order valence-electron chi connectivity index (χ2n) is 7.04. The maximum atomic E-state index is 14.5. The highest BCUT2D eigenvalue weighted by atomic mass is 32.2. The van der Waals surface area contributed by atoms with E-state index in [1.54, 1.807) is 0 Å². The van der Waals surface area contributed by atoms with Crippen molar-refractivity contribution in [3.63, 3.8) is 0 Å². The van der Waals surface area contributed by atoms with Crippen molar-refractivity contribution >= 4 is 21.5 Å². The standard InChI is InChI=1S/C17H18F5N5O2S/c1-4-10-14(19)13-7-23-16(25-27(13)15(10)9(2)17(20,21)22)24-12-5-6-26(8-11(12)18)30(3,28)29/h1,7,9,11-12H,5-6,8H2,2-3H3,(H,24,25)/t9-,11+,12+/m0/s1. The number of fused-ring (bicyclic) bond motifs is 1. The first-order chi connectivity index (χ1) is 13.8. The monoisotopic (exact) mass is 451 g/mol. The third-order valence-electron chi connectivity index (χ3n) is 4.99. The van der Waals surface area contributed by atoms with Crippen molar-refractivity contribution in [3.8, 4) is 12.3 Å². The Morgan fingerprint density at radius 2 is 2.07 bits per heavy atom. The van der Waals surface area contributed by atoms with Crippen molar-refractivity contribution in [2.75, 3.05) is 24.7 Å². The molecule has 1 aliphatic rings. The number of nitrogens with zero attached hydrogens (tertiary/aromatic N) is 4. The van der Waals surface area contributed by atoms with Crippen LogP contribution < -0.4 is 5.32 Å². The highest BCUT2D eigenvalue weighted by Crippen LogP contribution is 2.38. The van der Waals surface area contributed by atoms with E-state index in [1.807, 2.05) is 5.92 Å². The summed E-state index contributed by atoms with van der Waals surface area (Å²) < 4.78 is 93.6. The van der Waals surface area contributed by atoms with Gasteiger partial charge in [0, 0.05) is 13.1 Å². The number of halogens is 5. The van der Waals surface area contributed by atoms with Gasteiger partial charge in [-0.15, -0.1) is 11.5 Å². The summed E-state index contributed by atoms with van der Waals surface area (Å²) in [5, 5.41) is 6.55. The minimum atomic E-state index is -4.70. The summed E-state index contributed by atoms with van der Waals surface area (Å²) in [7, 11) is -3.55. The van der Waals surface area contributed by atoms with E-state index in [9.17, 15) is 30.4 Å². The Bertz CT molecular complexity index is 1110. The van der Waals surface area contributed by atoms with Gasteiger partial charge in [-0.25, -0.2) is 26.7 Å². The number of sulfonamides is 1. The molecule has 3 atom stereocenters. The third-order valence-corrected chi connectivity index (χ3v) is 6.26. The molecule has 0 radical (unpaired) electrons. The maximum absolute atomic E-state index is 14.5. The van der Waals surface area contributed by atoms with Gasteiger partial charge in [0.05, 0.1) is 35.7 Å². The van der Waals surface area contributed by atoms with Gasteiger partial charge in [-0.2, -0.15) is 17.5 Å². The van der Waals surface area contributed by atoms with E-state index >= 15 is 0 Å². The lowest BCUT2D eigenvalue weighted by atomic mass is 10.0. The molecule has 2 aromatic rings. The number of anilines is 1. The van der Waals surface area contributed by atoms with Gasteiger partial charge in [0.15, 0.2) is 5.82 Å². The first-order valence-corrected chi connectivity index (χ1v) is 10.7. The van der Waals surface area contributed by atoms with Gasteiger partial charge >= 0.3 is 6.18 Å².